The number of aliphatic hydroxyl groups is 1. The summed E-state index contributed by atoms with van der Waals surface area (Å²) in [5.74, 6) is 0. The van der Waals surface area contributed by atoms with E-state index in [1.54, 1.807) is 30.6 Å². The van der Waals surface area contributed by atoms with E-state index in [1.807, 2.05) is 24.3 Å². The Bertz CT molecular complexity index is 944. The lowest BCUT2D eigenvalue weighted by molar-refractivity contribution is -0.0441. The van der Waals surface area contributed by atoms with Crippen molar-refractivity contribution in [2.45, 2.75) is 25.7 Å². The van der Waals surface area contributed by atoms with Crippen LogP contribution in [0.3, 0.4) is 0 Å². The Morgan fingerprint density at radius 1 is 1.26 bits per heavy atom. The molecule has 1 aromatic carbocycles. The third kappa shape index (κ3) is 3.91. The van der Waals surface area contributed by atoms with E-state index in [0.29, 0.717) is 36.2 Å². The van der Waals surface area contributed by atoms with Gasteiger partial charge in [0.15, 0.2) is 17.1 Å². The molecular weight excluding hydrogens is 368 g/mol. The second-order valence-corrected chi connectivity index (χ2v) is 7.51. The van der Waals surface area contributed by atoms with E-state index in [0.717, 1.165) is 16.8 Å². The topological polar surface area (TPSA) is 80.9 Å². The first-order valence-electron chi connectivity index (χ1n) is 8.75. The Balaban J connectivity index is 1.67. The first kappa shape index (κ1) is 18.2. The highest BCUT2D eigenvalue weighted by atomic mass is 35.5. The van der Waals surface area contributed by atoms with Crippen molar-refractivity contribution in [3.63, 3.8) is 0 Å². The molecule has 0 radical (unpaired) electrons. The van der Waals surface area contributed by atoms with Crippen LogP contribution in [0, 0.1) is 0 Å². The summed E-state index contributed by atoms with van der Waals surface area (Å²) >= 11 is 6.21. The predicted octanol–water partition coefficient (Wildman–Crippen LogP) is 3.28. The van der Waals surface area contributed by atoms with Gasteiger partial charge < -0.3 is 19.9 Å². The molecule has 2 aromatic heterocycles. The lowest BCUT2D eigenvalue weighted by Gasteiger charge is -2.18. The van der Waals surface area contributed by atoms with Crippen molar-refractivity contribution in [1.82, 2.24) is 14.6 Å². The summed E-state index contributed by atoms with van der Waals surface area (Å²) in [7, 11) is 0. The van der Waals surface area contributed by atoms with E-state index in [2.05, 4.69) is 15.4 Å². The van der Waals surface area contributed by atoms with Gasteiger partial charge in [0.05, 0.1) is 36.4 Å². The number of benzene rings is 1. The molecule has 1 saturated heterocycles. The quantitative estimate of drug-likeness (QED) is 0.698. The van der Waals surface area contributed by atoms with Crippen LogP contribution < -0.4 is 5.32 Å². The Morgan fingerprint density at radius 3 is 2.63 bits per heavy atom. The van der Waals surface area contributed by atoms with Crippen molar-refractivity contribution in [3.8, 4) is 11.3 Å². The van der Waals surface area contributed by atoms with Gasteiger partial charge in [-0.05, 0) is 13.8 Å². The van der Waals surface area contributed by atoms with Crippen molar-refractivity contribution in [2.75, 3.05) is 25.1 Å². The monoisotopic (exact) mass is 388 g/mol. The third-order valence-corrected chi connectivity index (χ3v) is 4.43. The summed E-state index contributed by atoms with van der Waals surface area (Å²) < 4.78 is 12.8. The number of hydrogen-bond donors (Lipinski definition) is 2. The molecule has 27 heavy (non-hydrogen) atoms. The summed E-state index contributed by atoms with van der Waals surface area (Å²) in [5, 5.41) is 17.9. The second kappa shape index (κ2) is 7.09. The van der Waals surface area contributed by atoms with Gasteiger partial charge in [-0.1, -0.05) is 35.9 Å². The number of imidazole rings is 1. The average Bonchev–Trinajstić information content (AvgIpc) is 3.29. The Kier molecular flexibility index (Phi) is 4.77. The molecule has 2 N–H and O–H groups in total. The summed E-state index contributed by atoms with van der Waals surface area (Å²) in [6.45, 7) is 5.05. The summed E-state index contributed by atoms with van der Waals surface area (Å²) in [4.78, 5) is 4.48. The summed E-state index contributed by atoms with van der Waals surface area (Å²) in [5.41, 5.74) is 3.25. The molecule has 8 heteroatoms. The number of rotatable bonds is 5. The Hall–Kier alpha value is -2.19. The molecule has 3 heterocycles. The molecule has 7 nitrogen and oxygen atoms in total. The van der Waals surface area contributed by atoms with Crippen LogP contribution in [-0.4, -0.2) is 45.1 Å². The van der Waals surface area contributed by atoms with Gasteiger partial charge >= 0.3 is 0 Å². The predicted molar refractivity (Wildman–Crippen MR) is 103 cm³/mol. The third-order valence-electron chi connectivity index (χ3n) is 4.25. The minimum absolute atomic E-state index is 0.300. The minimum atomic E-state index is -0.859. The second-order valence-electron chi connectivity index (χ2n) is 7.12. The van der Waals surface area contributed by atoms with E-state index in [1.165, 1.54) is 0 Å². The van der Waals surface area contributed by atoms with Crippen LogP contribution in [0.5, 0.6) is 0 Å². The molecule has 0 amide bonds. The zero-order valence-electron chi connectivity index (χ0n) is 15.1. The molecule has 0 bridgehead atoms. The van der Waals surface area contributed by atoms with E-state index in [9.17, 15) is 5.11 Å². The number of fused-ring (bicyclic) bond motifs is 1. The van der Waals surface area contributed by atoms with Crippen molar-refractivity contribution in [3.05, 3.63) is 47.2 Å². The first-order valence-corrected chi connectivity index (χ1v) is 9.13. The lowest BCUT2D eigenvalue weighted by atomic mass is 10.1. The van der Waals surface area contributed by atoms with Gasteiger partial charge in [0.1, 0.15) is 0 Å². The SMILES string of the molecule is CC(C)(O)CNc1cc(Cl)nn2c(-c3ccc(C4OCCO4)cc3)cnc12. The van der Waals surface area contributed by atoms with Gasteiger partial charge in [0.25, 0.3) is 0 Å². The number of ether oxygens (including phenoxy) is 2. The molecule has 0 saturated carbocycles. The fourth-order valence-electron chi connectivity index (χ4n) is 2.94. The van der Waals surface area contributed by atoms with Crippen LogP contribution in [0.1, 0.15) is 25.7 Å². The highest BCUT2D eigenvalue weighted by molar-refractivity contribution is 6.29. The van der Waals surface area contributed by atoms with Crippen LogP contribution in [-0.2, 0) is 9.47 Å². The molecule has 4 rings (SSSR count). The highest BCUT2D eigenvalue weighted by Gasteiger charge is 2.19. The fraction of sp³-hybridized carbons (Fsp3) is 0.368. The van der Waals surface area contributed by atoms with E-state index < -0.39 is 5.60 Å². The Labute approximate surface area is 161 Å². The van der Waals surface area contributed by atoms with Crippen molar-refractivity contribution in [2.24, 2.45) is 0 Å². The average molecular weight is 389 g/mol. The van der Waals surface area contributed by atoms with Crippen LogP contribution in [0.15, 0.2) is 36.5 Å². The molecule has 142 valence electrons. The molecule has 1 aliphatic heterocycles. The van der Waals surface area contributed by atoms with Crippen molar-refractivity contribution in [1.29, 1.82) is 0 Å². The zero-order valence-corrected chi connectivity index (χ0v) is 15.9. The van der Waals surface area contributed by atoms with Gasteiger partial charge in [0.2, 0.25) is 0 Å². The normalized spacial score (nSPS) is 15.6. The number of hydrogen-bond acceptors (Lipinski definition) is 6. The fourth-order valence-corrected chi connectivity index (χ4v) is 3.12. The van der Waals surface area contributed by atoms with E-state index in [4.69, 9.17) is 21.1 Å². The minimum Gasteiger partial charge on any atom is -0.389 e. The van der Waals surface area contributed by atoms with Gasteiger partial charge in [-0.25, -0.2) is 9.50 Å². The van der Waals surface area contributed by atoms with Crippen molar-refractivity contribution >= 4 is 22.9 Å². The van der Waals surface area contributed by atoms with Crippen LogP contribution in [0.2, 0.25) is 5.15 Å². The maximum atomic E-state index is 9.96. The number of aromatic nitrogens is 3. The molecule has 3 aromatic rings. The van der Waals surface area contributed by atoms with Crippen molar-refractivity contribution < 1.29 is 14.6 Å². The smallest absolute Gasteiger partial charge is 0.184 e. The number of nitrogens with one attached hydrogen (secondary N) is 1. The standard InChI is InChI=1S/C19H21ClN4O3/c1-19(2,25)11-22-14-9-16(20)23-24-15(10-21-17(14)24)12-3-5-13(6-4-12)18-26-7-8-27-18/h3-6,9-10,18,22,25H,7-8,11H2,1-2H3. The molecule has 0 unspecified atom stereocenters. The lowest BCUT2D eigenvalue weighted by Crippen LogP contribution is -2.29. The molecular formula is C19H21ClN4O3. The van der Waals surface area contributed by atoms with Crippen LogP contribution in [0.25, 0.3) is 16.9 Å². The molecule has 0 atom stereocenters. The number of halogens is 1. The van der Waals surface area contributed by atoms with Crippen LogP contribution >= 0.6 is 11.6 Å². The van der Waals surface area contributed by atoms with Crippen LogP contribution in [0.4, 0.5) is 5.69 Å². The van der Waals surface area contributed by atoms with E-state index >= 15 is 0 Å². The van der Waals surface area contributed by atoms with E-state index in [-0.39, 0.29) is 6.29 Å². The van der Waals surface area contributed by atoms with Gasteiger partial charge in [-0.15, -0.1) is 0 Å². The largest absolute Gasteiger partial charge is 0.389 e. The first-order chi connectivity index (χ1) is 12.9. The molecule has 1 fully saturated rings. The molecule has 0 aliphatic carbocycles. The maximum absolute atomic E-state index is 9.96. The zero-order chi connectivity index (χ0) is 19.0. The summed E-state index contributed by atoms with van der Waals surface area (Å²) in [6.07, 6.45) is 1.46. The number of anilines is 1. The Morgan fingerprint density at radius 2 is 1.96 bits per heavy atom. The van der Waals surface area contributed by atoms with Gasteiger partial charge in [-0.3, -0.25) is 0 Å². The number of nitrogens with zero attached hydrogens (tertiary/aromatic N) is 3. The van der Waals surface area contributed by atoms with Gasteiger partial charge in [0, 0.05) is 23.7 Å². The maximum Gasteiger partial charge on any atom is 0.184 e. The molecule has 0 spiro atoms. The highest BCUT2D eigenvalue weighted by Crippen LogP contribution is 2.29. The van der Waals surface area contributed by atoms with Gasteiger partial charge in [-0.2, -0.15) is 5.10 Å². The summed E-state index contributed by atoms with van der Waals surface area (Å²) in [6, 6.07) is 9.62. The molecule has 1 aliphatic rings.